The van der Waals surface area contributed by atoms with Crippen molar-refractivity contribution in [2.75, 3.05) is 12.8 Å². The van der Waals surface area contributed by atoms with Gasteiger partial charge in [0.05, 0.1) is 12.7 Å². The molecule has 0 aliphatic heterocycles. The molecule has 0 aliphatic carbocycles. The third kappa shape index (κ3) is 2.02. The summed E-state index contributed by atoms with van der Waals surface area (Å²) in [5.74, 6) is 1.34. The summed E-state index contributed by atoms with van der Waals surface area (Å²) in [7, 11) is 1.59. The molecule has 0 fully saturated rings. The highest BCUT2D eigenvalue weighted by Gasteiger charge is 2.22. The van der Waals surface area contributed by atoms with Crippen LogP contribution in [0.25, 0.3) is 22.6 Å². The van der Waals surface area contributed by atoms with Crippen LogP contribution in [0.5, 0.6) is 5.75 Å². The second kappa shape index (κ2) is 4.94. The zero-order chi connectivity index (χ0) is 14.1. The van der Waals surface area contributed by atoms with Gasteiger partial charge in [-0.3, -0.25) is 0 Å². The fourth-order valence-corrected chi connectivity index (χ4v) is 2.17. The van der Waals surface area contributed by atoms with Crippen LogP contribution in [0.2, 0.25) is 5.22 Å². The number of aromatic nitrogens is 1. The van der Waals surface area contributed by atoms with Crippen LogP contribution < -0.4 is 10.5 Å². The van der Waals surface area contributed by atoms with Crippen molar-refractivity contribution in [2.45, 2.75) is 0 Å². The Morgan fingerprint density at radius 1 is 1.20 bits per heavy atom. The molecular formula is C14H11ClN2O3. The molecule has 102 valence electrons. The van der Waals surface area contributed by atoms with E-state index in [-0.39, 0.29) is 11.1 Å². The Kier molecular flexibility index (Phi) is 3.12. The summed E-state index contributed by atoms with van der Waals surface area (Å²) in [5.41, 5.74) is 7.76. The maximum Gasteiger partial charge on any atom is 0.230 e. The number of nitrogen functional groups attached to an aromatic ring is 1. The van der Waals surface area contributed by atoms with Crippen molar-refractivity contribution in [3.63, 3.8) is 0 Å². The van der Waals surface area contributed by atoms with Crippen molar-refractivity contribution in [1.29, 1.82) is 0 Å². The standard InChI is InChI=1S/C14H11ClN2O3/c1-18-9-5-3-2-4-8(9)12-13(17-20-14(12)16)10-6-7-11(15)19-10/h2-7H,16H2,1H3. The average Bonchev–Trinajstić information content (AvgIpc) is 3.04. The number of benzene rings is 1. The number of hydrogen-bond donors (Lipinski definition) is 1. The van der Waals surface area contributed by atoms with E-state index in [0.29, 0.717) is 22.8 Å². The highest BCUT2D eigenvalue weighted by atomic mass is 35.5. The van der Waals surface area contributed by atoms with Gasteiger partial charge in [-0.15, -0.1) is 0 Å². The fraction of sp³-hybridized carbons (Fsp3) is 0.0714. The molecule has 3 rings (SSSR count). The number of nitrogens with zero attached hydrogens (tertiary/aromatic N) is 1. The van der Waals surface area contributed by atoms with Crippen molar-refractivity contribution in [1.82, 2.24) is 5.16 Å². The number of halogens is 1. The number of nitrogens with two attached hydrogens (primary N) is 1. The molecule has 2 heterocycles. The second-order valence-electron chi connectivity index (χ2n) is 4.07. The number of methoxy groups -OCH3 is 1. The lowest BCUT2D eigenvalue weighted by atomic mass is 10.0. The molecule has 3 aromatic rings. The Morgan fingerprint density at radius 3 is 2.70 bits per heavy atom. The molecule has 5 nitrogen and oxygen atoms in total. The van der Waals surface area contributed by atoms with Crippen LogP contribution in [0, 0.1) is 0 Å². The number of rotatable bonds is 3. The summed E-state index contributed by atoms with van der Waals surface area (Å²) in [6.45, 7) is 0. The van der Waals surface area contributed by atoms with Crippen LogP contribution in [0.4, 0.5) is 5.88 Å². The van der Waals surface area contributed by atoms with Gasteiger partial charge in [0.15, 0.2) is 16.7 Å². The summed E-state index contributed by atoms with van der Waals surface area (Å²) in [5, 5.41) is 4.21. The molecule has 0 bridgehead atoms. The van der Waals surface area contributed by atoms with Gasteiger partial charge in [0.1, 0.15) is 5.75 Å². The summed E-state index contributed by atoms with van der Waals surface area (Å²) in [4.78, 5) is 0. The lowest BCUT2D eigenvalue weighted by Crippen LogP contribution is -1.91. The molecule has 0 saturated heterocycles. The van der Waals surface area contributed by atoms with Crippen LogP contribution in [-0.4, -0.2) is 12.3 Å². The number of furan rings is 1. The van der Waals surface area contributed by atoms with E-state index in [2.05, 4.69) is 5.16 Å². The monoisotopic (exact) mass is 290 g/mol. The van der Waals surface area contributed by atoms with Gasteiger partial charge in [0.25, 0.3) is 0 Å². The summed E-state index contributed by atoms with van der Waals surface area (Å²) in [6.07, 6.45) is 0. The topological polar surface area (TPSA) is 74.4 Å². The summed E-state index contributed by atoms with van der Waals surface area (Å²) in [6, 6.07) is 10.8. The van der Waals surface area contributed by atoms with E-state index in [0.717, 1.165) is 5.56 Å². The Morgan fingerprint density at radius 2 is 2.00 bits per heavy atom. The lowest BCUT2D eigenvalue weighted by molar-refractivity contribution is 0.416. The molecule has 0 amide bonds. The fourth-order valence-electron chi connectivity index (χ4n) is 2.02. The van der Waals surface area contributed by atoms with Gasteiger partial charge in [-0.25, -0.2) is 0 Å². The molecule has 0 spiro atoms. The molecule has 2 aromatic heterocycles. The third-order valence-electron chi connectivity index (χ3n) is 2.90. The van der Waals surface area contributed by atoms with Crippen LogP contribution in [-0.2, 0) is 0 Å². The summed E-state index contributed by atoms with van der Waals surface area (Å²) >= 11 is 5.79. The molecule has 2 N–H and O–H groups in total. The van der Waals surface area contributed by atoms with Gasteiger partial charge in [-0.1, -0.05) is 23.4 Å². The average molecular weight is 291 g/mol. The smallest absolute Gasteiger partial charge is 0.230 e. The van der Waals surface area contributed by atoms with Crippen molar-refractivity contribution in [2.24, 2.45) is 0 Å². The van der Waals surface area contributed by atoms with E-state index in [1.54, 1.807) is 19.2 Å². The molecule has 0 atom stereocenters. The van der Waals surface area contributed by atoms with Crippen LogP contribution >= 0.6 is 11.6 Å². The highest BCUT2D eigenvalue weighted by Crippen LogP contribution is 2.41. The number of anilines is 1. The van der Waals surface area contributed by atoms with Crippen LogP contribution in [0.15, 0.2) is 45.3 Å². The van der Waals surface area contributed by atoms with E-state index in [9.17, 15) is 0 Å². The predicted molar refractivity (Wildman–Crippen MR) is 75.6 cm³/mol. The number of para-hydroxylation sites is 1. The zero-order valence-electron chi connectivity index (χ0n) is 10.6. The Hall–Kier alpha value is -2.40. The predicted octanol–water partition coefficient (Wildman–Crippen LogP) is 3.85. The van der Waals surface area contributed by atoms with Gasteiger partial charge in [0, 0.05) is 5.56 Å². The molecule has 0 saturated carbocycles. The first-order valence-corrected chi connectivity index (χ1v) is 6.22. The second-order valence-corrected chi connectivity index (χ2v) is 4.45. The first-order chi connectivity index (χ1) is 9.70. The molecule has 0 aliphatic rings. The normalized spacial score (nSPS) is 10.7. The minimum absolute atomic E-state index is 0.192. The SMILES string of the molecule is COc1ccccc1-c1c(-c2ccc(Cl)o2)noc1N. The molecule has 0 radical (unpaired) electrons. The van der Waals surface area contributed by atoms with Crippen LogP contribution in [0.3, 0.4) is 0 Å². The minimum atomic E-state index is 0.192. The van der Waals surface area contributed by atoms with E-state index in [4.69, 9.17) is 31.0 Å². The Bertz CT molecular complexity index is 748. The molecule has 0 unspecified atom stereocenters. The van der Waals surface area contributed by atoms with E-state index < -0.39 is 0 Å². The van der Waals surface area contributed by atoms with Crippen molar-refractivity contribution in [3.8, 4) is 28.3 Å². The minimum Gasteiger partial charge on any atom is -0.496 e. The Labute approximate surface area is 119 Å². The molecule has 1 aromatic carbocycles. The van der Waals surface area contributed by atoms with E-state index >= 15 is 0 Å². The van der Waals surface area contributed by atoms with Crippen molar-refractivity contribution in [3.05, 3.63) is 41.6 Å². The zero-order valence-corrected chi connectivity index (χ0v) is 11.3. The molecule has 20 heavy (non-hydrogen) atoms. The quantitative estimate of drug-likeness (QED) is 0.793. The van der Waals surface area contributed by atoms with E-state index in [1.807, 2.05) is 24.3 Å². The third-order valence-corrected chi connectivity index (χ3v) is 3.10. The maximum absolute atomic E-state index is 5.88. The largest absolute Gasteiger partial charge is 0.496 e. The van der Waals surface area contributed by atoms with Gasteiger partial charge < -0.3 is 19.4 Å². The maximum atomic E-state index is 5.88. The lowest BCUT2D eigenvalue weighted by Gasteiger charge is -2.07. The van der Waals surface area contributed by atoms with Gasteiger partial charge in [0.2, 0.25) is 5.88 Å². The molecule has 6 heteroatoms. The van der Waals surface area contributed by atoms with Gasteiger partial charge in [-0.2, -0.15) is 0 Å². The highest BCUT2D eigenvalue weighted by molar-refractivity contribution is 6.29. The molecular weight excluding hydrogens is 280 g/mol. The van der Waals surface area contributed by atoms with Crippen LogP contribution in [0.1, 0.15) is 0 Å². The Balaban J connectivity index is 2.21. The van der Waals surface area contributed by atoms with Gasteiger partial charge in [-0.05, 0) is 29.8 Å². The van der Waals surface area contributed by atoms with E-state index in [1.165, 1.54) is 0 Å². The van der Waals surface area contributed by atoms with Crippen molar-refractivity contribution >= 4 is 17.5 Å². The number of hydrogen-bond acceptors (Lipinski definition) is 5. The van der Waals surface area contributed by atoms with Gasteiger partial charge >= 0.3 is 0 Å². The number of ether oxygens (including phenoxy) is 1. The first kappa shape index (κ1) is 12.6. The van der Waals surface area contributed by atoms with Crippen molar-refractivity contribution < 1.29 is 13.7 Å². The first-order valence-electron chi connectivity index (χ1n) is 5.85. The summed E-state index contributed by atoms with van der Waals surface area (Å²) < 4.78 is 15.8.